The van der Waals surface area contributed by atoms with E-state index in [1.165, 1.54) is 0 Å². The molecule has 180 valence electrons. The number of carbonyl (C=O) groups excluding carboxylic acids is 2. The monoisotopic (exact) mass is 536 g/mol. The molecule has 2 atom stereocenters. The third kappa shape index (κ3) is 7.35. The molecule has 1 N–H and O–H groups in total. The number of benzene rings is 3. The molecule has 3 aromatic rings. The second-order valence-corrected chi connectivity index (χ2v) is 8.80. The van der Waals surface area contributed by atoms with Crippen LogP contribution < -0.4 is 10.2 Å². The van der Waals surface area contributed by atoms with Gasteiger partial charge in [0, 0.05) is 10.9 Å². The molecule has 0 spiro atoms. The third-order valence-electron chi connectivity index (χ3n) is 5.26. The molecule has 4 rings (SSSR count). The van der Waals surface area contributed by atoms with Crippen LogP contribution in [0, 0.1) is 0 Å². The highest BCUT2D eigenvalue weighted by Crippen LogP contribution is 2.25. The van der Waals surface area contributed by atoms with Crippen molar-refractivity contribution >= 4 is 28.1 Å². The molecule has 0 heterocycles. The van der Waals surface area contributed by atoms with Crippen molar-refractivity contribution in [1.82, 2.24) is 10.4 Å². The normalized spacial score (nSPS) is 16.4. The van der Waals surface area contributed by atoms with Crippen molar-refractivity contribution in [2.75, 3.05) is 0 Å². The van der Waals surface area contributed by atoms with Crippen LogP contribution in [0.4, 0.5) is 9.59 Å². The van der Waals surface area contributed by atoms with Gasteiger partial charge in [-0.2, -0.15) is 0 Å². The summed E-state index contributed by atoms with van der Waals surface area (Å²) in [6, 6.07) is 25.7. The standard InChI is InChI=1S/C27H25BrN2O5/c28-22-12-7-13-24(16-22)35-25-15-14-23(17-25)30(27(32)34-19-21-10-5-2-6-11-21)29-26(31)33-18-20-8-3-1-4-9-20/h1-16,23,25H,17-19H2,(H,29,31)/t23-,25+/m1/s1. The molecule has 0 bridgehead atoms. The maximum absolute atomic E-state index is 13.0. The van der Waals surface area contributed by atoms with Gasteiger partial charge in [0.2, 0.25) is 0 Å². The molecular weight excluding hydrogens is 512 g/mol. The lowest BCUT2D eigenvalue weighted by molar-refractivity contribution is 0.0504. The molecule has 0 radical (unpaired) electrons. The van der Waals surface area contributed by atoms with Crippen LogP contribution in [-0.4, -0.2) is 29.3 Å². The molecule has 35 heavy (non-hydrogen) atoms. The van der Waals surface area contributed by atoms with Gasteiger partial charge in [0.1, 0.15) is 25.1 Å². The van der Waals surface area contributed by atoms with Crippen LogP contribution >= 0.6 is 15.9 Å². The van der Waals surface area contributed by atoms with Gasteiger partial charge in [-0.05, 0) is 35.4 Å². The summed E-state index contributed by atoms with van der Waals surface area (Å²) >= 11 is 3.43. The highest BCUT2D eigenvalue weighted by molar-refractivity contribution is 9.10. The second-order valence-electron chi connectivity index (χ2n) is 7.89. The lowest BCUT2D eigenvalue weighted by Gasteiger charge is -2.27. The van der Waals surface area contributed by atoms with Gasteiger partial charge in [-0.15, -0.1) is 0 Å². The van der Waals surface area contributed by atoms with E-state index in [0.717, 1.165) is 20.6 Å². The van der Waals surface area contributed by atoms with Crippen molar-refractivity contribution < 1.29 is 23.8 Å². The van der Waals surface area contributed by atoms with E-state index in [1.807, 2.05) is 97.1 Å². The van der Waals surface area contributed by atoms with Gasteiger partial charge >= 0.3 is 12.2 Å². The van der Waals surface area contributed by atoms with Crippen molar-refractivity contribution in [2.24, 2.45) is 0 Å². The van der Waals surface area contributed by atoms with Gasteiger partial charge in [-0.3, -0.25) is 0 Å². The third-order valence-corrected chi connectivity index (χ3v) is 5.76. The first kappa shape index (κ1) is 24.3. The quantitative estimate of drug-likeness (QED) is 0.295. The minimum Gasteiger partial charge on any atom is -0.486 e. The number of hydrogen-bond acceptors (Lipinski definition) is 5. The molecule has 1 aliphatic rings. The number of carbonyl (C=O) groups is 2. The molecule has 1 aliphatic carbocycles. The zero-order valence-electron chi connectivity index (χ0n) is 18.9. The summed E-state index contributed by atoms with van der Waals surface area (Å²) in [6.07, 6.45) is 2.38. The first-order valence-corrected chi connectivity index (χ1v) is 11.9. The number of hydrogen-bond donors (Lipinski definition) is 1. The molecule has 0 saturated heterocycles. The zero-order chi connectivity index (χ0) is 24.5. The average Bonchev–Trinajstić information content (AvgIpc) is 3.34. The molecule has 0 unspecified atom stereocenters. The van der Waals surface area contributed by atoms with Crippen molar-refractivity contribution in [3.8, 4) is 5.75 Å². The van der Waals surface area contributed by atoms with Crippen molar-refractivity contribution in [2.45, 2.75) is 31.8 Å². The SMILES string of the molecule is O=C(NN(C(=O)OCc1ccccc1)[C@@H]1C=C[C@H](Oc2cccc(Br)c2)C1)OCc1ccccc1. The fourth-order valence-corrected chi connectivity index (χ4v) is 3.93. The van der Waals surface area contributed by atoms with Crippen LogP contribution in [0.5, 0.6) is 5.75 Å². The van der Waals surface area contributed by atoms with E-state index in [2.05, 4.69) is 21.4 Å². The van der Waals surface area contributed by atoms with Gasteiger partial charge in [0.05, 0.1) is 6.04 Å². The first-order valence-electron chi connectivity index (χ1n) is 11.1. The summed E-state index contributed by atoms with van der Waals surface area (Å²) in [5, 5.41) is 1.15. The van der Waals surface area contributed by atoms with Crippen molar-refractivity contribution in [3.63, 3.8) is 0 Å². The van der Waals surface area contributed by atoms with Gasteiger partial charge in [0.15, 0.2) is 0 Å². The van der Waals surface area contributed by atoms with Gasteiger partial charge < -0.3 is 14.2 Å². The summed E-state index contributed by atoms with van der Waals surface area (Å²) in [7, 11) is 0. The lowest BCUT2D eigenvalue weighted by Crippen LogP contribution is -2.51. The van der Waals surface area contributed by atoms with E-state index >= 15 is 0 Å². The molecule has 0 saturated carbocycles. The fourth-order valence-electron chi connectivity index (χ4n) is 3.55. The number of rotatable bonds is 7. The molecule has 0 aromatic heterocycles. The first-order chi connectivity index (χ1) is 17.1. The number of hydrazine groups is 1. The van der Waals surface area contributed by atoms with E-state index in [4.69, 9.17) is 14.2 Å². The minimum atomic E-state index is -0.754. The Kier molecular flexibility index (Phi) is 8.40. The highest BCUT2D eigenvalue weighted by Gasteiger charge is 2.32. The predicted molar refractivity (Wildman–Crippen MR) is 134 cm³/mol. The van der Waals surface area contributed by atoms with E-state index < -0.39 is 18.2 Å². The molecular formula is C27H25BrN2O5. The average molecular weight is 537 g/mol. The highest BCUT2D eigenvalue weighted by atomic mass is 79.9. The van der Waals surface area contributed by atoms with Crippen LogP contribution in [0.15, 0.2) is 102 Å². The number of nitrogens with one attached hydrogen (secondary N) is 1. The van der Waals surface area contributed by atoms with Gasteiger partial charge in [0.25, 0.3) is 0 Å². The van der Waals surface area contributed by atoms with Crippen LogP contribution in [0.2, 0.25) is 0 Å². The predicted octanol–water partition coefficient (Wildman–Crippen LogP) is 6.01. The summed E-state index contributed by atoms with van der Waals surface area (Å²) in [5.41, 5.74) is 4.22. The molecule has 0 aliphatic heterocycles. The van der Waals surface area contributed by atoms with Crippen LogP contribution in [0.1, 0.15) is 17.5 Å². The van der Waals surface area contributed by atoms with E-state index in [9.17, 15) is 9.59 Å². The van der Waals surface area contributed by atoms with Gasteiger partial charge in [-0.25, -0.2) is 20.0 Å². The molecule has 3 aromatic carbocycles. The van der Waals surface area contributed by atoms with Crippen LogP contribution in [0.25, 0.3) is 0 Å². The Morgan fingerprint density at radius 2 is 1.51 bits per heavy atom. The second kappa shape index (κ2) is 12.1. The Hall–Kier alpha value is -3.78. The van der Waals surface area contributed by atoms with Crippen molar-refractivity contribution in [3.05, 3.63) is 113 Å². The van der Waals surface area contributed by atoms with Crippen LogP contribution in [-0.2, 0) is 22.7 Å². The van der Waals surface area contributed by atoms with Crippen molar-refractivity contribution in [1.29, 1.82) is 0 Å². The van der Waals surface area contributed by atoms with Crippen LogP contribution in [0.3, 0.4) is 0 Å². The van der Waals surface area contributed by atoms with Gasteiger partial charge in [-0.1, -0.05) is 88.7 Å². The zero-order valence-corrected chi connectivity index (χ0v) is 20.5. The topological polar surface area (TPSA) is 77.1 Å². The number of amides is 2. The maximum atomic E-state index is 13.0. The maximum Gasteiger partial charge on any atom is 0.429 e. The summed E-state index contributed by atoms with van der Waals surface area (Å²) in [5.74, 6) is 0.697. The number of halogens is 1. The van der Waals surface area contributed by atoms with E-state index in [0.29, 0.717) is 12.2 Å². The summed E-state index contributed by atoms with van der Waals surface area (Å²) in [4.78, 5) is 25.5. The Morgan fingerprint density at radius 1 is 0.857 bits per heavy atom. The smallest absolute Gasteiger partial charge is 0.429 e. The molecule has 8 heteroatoms. The lowest BCUT2D eigenvalue weighted by atomic mass is 10.2. The molecule has 0 fully saturated rings. The fraction of sp³-hybridized carbons (Fsp3) is 0.185. The largest absolute Gasteiger partial charge is 0.486 e. The summed E-state index contributed by atoms with van der Waals surface area (Å²) in [6.45, 7) is 0.153. The Balaban J connectivity index is 1.39. The molecule has 2 amide bonds. The number of nitrogens with zero attached hydrogens (tertiary/aromatic N) is 1. The van der Waals surface area contributed by atoms with E-state index in [-0.39, 0.29) is 19.3 Å². The Labute approximate surface area is 212 Å². The number of ether oxygens (including phenoxy) is 3. The molecule has 7 nitrogen and oxygen atoms in total. The minimum absolute atomic E-state index is 0.0747. The Morgan fingerprint density at radius 3 is 2.17 bits per heavy atom. The summed E-state index contributed by atoms with van der Waals surface area (Å²) < 4.78 is 17.7. The Bertz CT molecular complexity index is 1160. The van der Waals surface area contributed by atoms with E-state index in [1.54, 1.807) is 0 Å².